The van der Waals surface area contributed by atoms with Crippen LogP contribution in [-0.4, -0.2) is 34.0 Å². The summed E-state index contributed by atoms with van der Waals surface area (Å²) in [6, 6.07) is 7.85. The van der Waals surface area contributed by atoms with Gasteiger partial charge in [0.1, 0.15) is 0 Å². The van der Waals surface area contributed by atoms with Crippen LogP contribution in [0.15, 0.2) is 28.7 Å². The summed E-state index contributed by atoms with van der Waals surface area (Å²) in [7, 11) is 0. The van der Waals surface area contributed by atoms with Crippen LogP contribution in [0, 0.1) is 0 Å². The zero-order chi connectivity index (χ0) is 16.2. The Morgan fingerprint density at radius 2 is 2.04 bits per heavy atom. The van der Waals surface area contributed by atoms with Crippen molar-refractivity contribution in [3.05, 3.63) is 40.1 Å². The van der Waals surface area contributed by atoms with Crippen LogP contribution in [0.25, 0.3) is 5.69 Å². The van der Waals surface area contributed by atoms with Gasteiger partial charge >= 0.3 is 0 Å². The molecule has 1 aliphatic carbocycles. The van der Waals surface area contributed by atoms with E-state index >= 15 is 0 Å². The molecule has 0 atom stereocenters. The summed E-state index contributed by atoms with van der Waals surface area (Å²) >= 11 is 3.43. The van der Waals surface area contributed by atoms with Gasteiger partial charge in [0.05, 0.1) is 11.4 Å². The molecule has 0 aliphatic heterocycles. The zero-order valence-electron chi connectivity index (χ0n) is 12.8. The highest BCUT2D eigenvalue weighted by Crippen LogP contribution is 2.42. The van der Waals surface area contributed by atoms with E-state index in [1.54, 1.807) is 4.68 Å². The van der Waals surface area contributed by atoms with E-state index in [0.717, 1.165) is 41.5 Å². The van der Waals surface area contributed by atoms with Crippen LogP contribution in [0.3, 0.4) is 0 Å². The topological polar surface area (TPSA) is 85.8 Å². The largest absolute Gasteiger partial charge is 0.351 e. The number of rotatable bonds is 7. The lowest BCUT2D eigenvalue weighted by Gasteiger charge is -2.08. The lowest BCUT2D eigenvalue weighted by atomic mass is 10.2. The second-order valence-electron chi connectivity index (χ2n) is 5.74. The van der Waals surface area contributed by atoms with Gasteiger partial charge in [0.15, 0.2) is 5.69 Å². The van der Waals surface area contributed by atoms with Crippen LogP contribution in [0.2, 0.25) is 0 Å². The summed E-state index contributed by atoms with van der Waals surface area (Å²) in [5, 5.41) is 11.3. The van der Waals surface area contributed by atoms with Crippen molar-refractivity contribution in [2.45, 2.75) is 31.6 Å². The van der Waals surface area contributed by atoms with Crippen molar-refractivity contribution in [3.8, 4) is 5.69 Å². The molecule has 3 rings (SSSR count). The van der Waals surface area contributed by atoms with Crippen molar-refractivity contribution in [3.63, 3.8) is 0 Å². The minimum absolute atomic E-state index is 0.146. The van der Waals surface area contributed by atoms with E-state index in [2.05, 4.69) is 31.6 Å². The van der Waals surface area contributed by atoms with Crippen molar-refractivity contribution >= 4 is 21.8 Å². The molecular weight excluding hydrogens is 358 g/mol. The number of amides is 1. The molecule has 0 bridgehead atoms. The molecule has 1 amide bonds. The van der Waals surface area contributed by atoms with Crippen LogP contribution in [0.5, 0.6) is 0 Å². The number of nitrogens with two attached hydrogens (primary N) is 1. The molecule has 1 aliphatic rings. The van der Waals surface area contributed by atoms with Gasteiger partial charge in [-0.1, -0.05) is 21.1 Å². The third-order valence-corrected chi connectivity index (χ3v) is 4.40. The molecule has 1 aromatic carbocycles. The molecule has 1 aromatic heterocycles. The second kappa shape index (κ2) is 7.23. The quantitative estimate of drug-likeness (QED) is 0.725. The third-order valence-electron chi connectivity index (χ3n) is 3.87. The molecule has 1 heterocycles. The maximum atomic E-state index is 12.4. The van der Waals surface area contributed by atoms with E-state index < -0.39 is 0 Å². The summed E-state index contributed by atoms with van der Waals surface area (Å²) in [6.07, 6.45) is 3.94. The number of nitrogens with one attached hydrogen (secondary N) is 1. The van der Waals surface area contributed by atoms with Crippen molar-refractivity contribution in [2.24, 2.45) is 5.73 Å². The third kappa shape index (κ3) is 3.79. The highest BCUT2D eigenvalue weighted by atomic mass is 79.9. The standard InChI is InChI=1S/C16H20BrN5O/c17-12-5-7-13(8-6-12)22-15(11-3-4-11)14(20-21-22)16(23)19-10-2-1-9-18/h5-8,11H,1-4,9-10,18H2,(H,19,23). The van der Waals surface area contributed by atoms with Crippen molar-refractivity contribution in [1.82, 2.24) is 20.3 Å². The number of hydrogen-bond acceptors (Lipinski definition) is 4. The minimum atomic E-state index is -0.146. The highest BCUT2D eigenvalue weighted by Gasteiger charge is 2.34. The molecule has 6 nitrogen and oxygen atoms in total. The normalized spacial score (nSPS) is 14.0. The number of benzene rings is 1. The van der Waals surface area contributed by atoms with Gasteiger partial charge in [-0.05, 0) is 56.5 Å². The molecule has 7 heteroatoms. The zero-order valence-corrected chi connectivity index (χ0v) is 14.4. The maximum absolute atomic E-state index is 12.4. The van der Waals surface area contributed by atoms with E-state index in [0.29, 0.717) is 24.7 Å². The van der Waals surface area contributed by atoms with Gasteiger partial charge in [-0.3, -0.25) is 4.79 Å². The molecule has 122 valence electrons. The minimum Gasteiger partial charge on any atom is -0.351 e. The Kier molecular flexibility index (Phi) is 5.07. The lowest BCUT2D eigenvalue weighted by Crippen LogP contribution is -2.26. The molecule has 0 spiro atoms. The van der Waals surface area contributed by atoms with Gasteiger partial charge in [-0.15, -0.1) is 5.10 Å². The Balaban J connectivity index is 1.81. The first-order chi connectivity index (χ1) is 11.2. The molecular formula is C16H20BrN5O. The predicted molar refractivity (Wildman–Crippen MR) is 91.7 cm³/mol. The predicted octanol–water partition coefficient (Wildman–Crippen LogP) is 2.38. The number of unbranched alkanes of at least 4 members (excludes halogenated alkanes) is 1. The summed E-state index contributed by atoms with van der Waals surface area (Å²) in [5.74, 6) is 0.228. The van der Waals surface area contributed by atoms with E-state index in [1.807, 2.05) is 24.3 Å². The molecule has 1 fully saturated rings. The first kappa shape index (κ1) is 16.1. The van der Waals surface area contributed by atoms with Crippen molar-refractivity contribution in [1.29, 1.82) is 0 Å². The van der Waals surface area contributed by atoms with Gasteiger partial charge in [-0.2, -0.15) is 0 Å². The van der Waals surface area contributed by atoms with Crippen LogP contribution in [0.1, 0.15) is 47.8 Å². The number of aromatic nitrogens is 3. The summed E-state index contributed by atoms with van der Waals surface area (Å²) < 4.78 is 2.80. The lowest BCUT2D eigenvalue weighted by molar-refractivity contribution is 0.0947. The van der Waals surface area contributed by atoms with Crippen LogP contribution in [-0.2, 0) is 0 Å². The molecule has 0 radical (unpaired) electrons. The van der Waals surface area contributed by atoms with Crippen molar-refractivity contribution in [2.75, 3.05) is 13.1 Å². The van der Waals surface area contributed by atoms with Crippen LogP contribution < -0.4 is 11.1 Å². The Morgan fingerprint density at radius 3 is 2.70 bits per heavy atom. The SMILES string of the molecule is NCCCCNC(=O)c1nnn(-c2ccc(Br)cc2)c1C1CC1. The first-order valence-electron chi connectivity index (χ1n) is 7.90. The first-order valence-corrected chi connectivity index (χ1v) is 8.70. The molecule has 2 aromatic rings. The average Bonchev–Trinajstić information content (AvgIpc) is 3.30. The molecule has 23 heavy (non-hydrogen) atoms. The number of halogens is 1. The summed E-state index contributed by atoms with van der Waals surface area (Å²) in [4.78, 5) is 12.4. The number of carbonyl (C=O) groups is 1. The number of hydrogen-bond donors (Lipinski definition) is 2. The van der Waals surface area contributed by atoms with Gasteiger partial charge in [-0.25, -0.2) is 4.68 Å². The van der Waals surface area contributed by atoms with E-state index in [9.17, 15) is 4.79 Å². The fourth-order valence-corrected chi connectivity index (χ4v) is 2.77. The van der Waals surface area contributed by atoms with Gasteiger partial charge < -0.3 is 11.1 Å². The maximum Gasteiger partial charge on any atom is 0.273 e. The van der Waals surface area contributed by atoms with Crippen LogP contribution in [0.4, 0.5) is 0 Å². The van der Waals surface area contributed by atoms with E-state index in [1.165, 1.54) is 0 Å². The van der Waals surface area contributed by atoms with Gasteiger partial charge in [0.2, 0.25) is 0 Å². The molecule has 3 N–H and O–H groups in total. The average molecular weight is 378 g/mol. The molecule has 1 saturated carbocycles. The Bertz CT molecular complexity index is 678. The second-order valence-corrected chi connectivity index (χ2v) is 6.65. The fourth-order valence-electron chi connectivity index (χ4n) is 2.50. The molecule has 0 saturated heterocycles. The van der Waals surface area contributed by atoms with E-state index in [4.69, 9.17) is 5.73 Å². The van der Waals surface area contributed by atoms with E-state index in [-0.39, 0.29) is 5.91 Å². The monoisotopic (exact) mass is 377 g/mol. The Labute approximate surface area is 143 Å². The number of carbonyl (C=O) groups excluding carboxylic acids is 1. The van der Waals surface area contributed by atoms with Crippen molar-refractivity contribution < 1.29 is 4.79 Å². The fraction of sp³-hybridized carbons (Fsp3) is 0.438. The summed E-state index contributed by atoms with van der Waals surface area (Å²) in [5.41, 5.74) is 7.75. The molecule has 0 unspecified atom stereocenters. The smallest absolute Gasteiger partial charge is 0.273 e. The van der Waals surface area contributed by atoms with Gasteiger partial charge in [0, 0.05) is 16.9 Å². The Morgan fingerprint density at radius 1 is 1.30 bits per heavy atom. The summed E-state index contributed by atoms with van der Waals surface area (Å²) in [6.45, 7) is 1.26. The highest BCUT2D eigenvalue weighted by molar-refractivity contribution is 9.10. The van der Waals surface area contributed by atoms with Gasteiger partial charge in [0.25, 0.3) is 5.91 Å². The Hall–Kier alpha value is -1.73. The number of nitrogens with zero attached hydrogens (tertiary/aromatic N) is 3. The van der Waals surface area contributed by atoms with Crippen LogP contribution >= 0.6 is 15.9 Å².